The van der Waals surface area contributed by atoms with E-state index in [1.54, 1.807) is 7.11 Å². The van der Waals surface area contributed by atoms with Crippen LogP contribution in [0.5, 0.6) is 5.75 Å². The van der Waals surface area contributed by atoms with Gasteiger partial charge in [-0.3, -0.25) is 9.69 Å². The molecule has 7 nitrogen and oxygen atoms in total. The van der Waals surface area contributed by atoms with Gasteiger partial charge < -0.3 is 21.1 Å². The smallest absolute Gasteiger partial charge is 0.221 e. The molecular formula is C25H35N5O2. The van der Waals surface area contributed by atoms with Crippen molar-refractivity contribution < 1.29 is 9.53 Å². The van der Waals surface area contributed by atoms with Crippen LogP contribution in [-0.4, -0.2) is 43.5 Å². The fraction of sp³-hybridized carbons (Fsp3) is 0.440. The van der Waals surface area contributed by atoms with Crippen molar-refractivity contribution in [2.24, 2.45) is 16.6 Å². The van der Waals surface area contributed by atoms with Gasteiger partial charge in [0.15, 0.2) is 5.96 Å². The van der Waals surface area contributed by atoms with E-state index in [4.69, 9.17) is 15.5 Å². The van der Waals surface area contributed by atoms with Gasteiger partial charge in [-0.1, -0.05) is 36.4 Å². The van der Waals surface area contributed by atoms with Crippen LogP contribution in [0.15, 0.2) is 53.5 Å². The van der Waals surface area contributed by atoms with Crippen LogP contribution in [0.2, 0.25) is 0 Å². The highest BCUT2D eigenvalue weighted by Crippen LogP contribution is 2.19. The van der Waals surface area contributed by atoms with Gasteiger partial charge in [0.1, 0.15) is 5.75 Å². The topological polar surface area (TPSA) is 92.0 Å². The molecule has 0 aromatic heterocycles. The van der Waals surface area contributed by atoms with Crippen LogP contribution in [0.4, 0.5) is 0 Å². The van der Waals surface area contributed by atoms with E-state index in [-0.39, 0.29) is 11.8 Å². The molecule has 1 amide bonds. The number of piperidine rings is 1. The zero-order valence-electron chi connectivity index (χ0n) is 19.1. The molecule has 32 heavy (non-hydrogen) atoms. The Balaban J connectivity index is 1.58. The van der Waals surface area contributed by atoms with Crippen molar-refractivity contribution >= 4 is 11.9 Å². The van der Waals surface area contributed by atoms with Crippen LogP contribution in [-0.2, 0) is 24.4 Å². The van der Waals surface area contributed by atoms with E-state index < -0.39 is 0 Å². The second-order valence-corrected chi connectivity index (χ2v) is 8.20. The lowest BCUT2D eigenvalue weighted by Crippen LogP contribution is -2.40. The molecule has 0 spiro atoms. The third kappa shape index (κ3) is 7.27. The minimum Gasteiger partial charge on any atom is -0.497 e. The zero-order valence-corrected chi connectivity index (χ0v) is 19.1. The van der Waals surface area contributed by atoms with Crippen LogP contribution in [0.3, 0.4) is 0 Å². The van der Waals surface area contributed by atoms with E-state index >= 15 is 0 Å². The number of rotatable bonds is 9. The van der Waals surface area contributed by atoms with E-state index in [9.17, 15) is 4.79 Å². The number of hydrogen-bond acceptors (Lipinski definition) is 4. The summed E-state index contributed by atoms with van der Waals surface area (Å²) in [6.07, 6.45) is 1.92. The van der Waals surface area contributed by atoms with E-state index in [1.807, 2.05) is 18.2 Å². The molecule has 1 aliphatic heterocycles. The third-order valence-electron chi connectivity index (χ3n) is 5.66. The summed E-state index contributed by atoms with van der Waals surface area (Å²) in [5, 5.41) is 6.69. The summed E-state index contributed by atoms with van der Waals surface area (Å²) in [5.41, 5.74) is 9.04. The molecule has 0 saturated carbocycles. The van der Waals surface area contributed by atoms with Crippen LogP contribution in [0.1, 0.15) is 36.5 Å². The molecule has 0 radical (unpaired) electrons. The number of hydrogen-bond donors (Lipinski definition) is 3. The van der Waals surface area contributed by atoms with Gasteiger partial charge in [0.05, 0.1) is 19.6 Å². The maximum atomic E-state index is 11.5. The molecule has 2 aromatic carbocycles. The lowest BCUT2D eigenvalue weighted by Gasteiger charge is -2.31. The fourth-order valence-corrected chi connectivity index (χ4v) is 4.00. The van der Waals surface area contributed by atoms with Crippen molar-refractivity contribution in [3.63, 3.8) is 0 Å². The predicted molar refractivity (Wildman–Crippen MR) is 128 cm³/mol. The quantitative estimate of drug-likeness (QED) is 0.414. The second kappa shape index (κ2) is 12.1. The SMILES string of the molecule is CCNC(=NCc1cccc(CN2CCCC(C(N)=O)C2)c1)NCc1cccc(OC)c1. The highest BCUT2D eigenvalue weighted by molar-refractivity contribution is 5.79. The van der Waals surface area contributed by atoms with Crippen molar-refractivity contribution in [3.05, 3.63) is 65.2 Å². The Hall–Kier alpha value is -3.06. The Morgan fingerprint density at radius 3 is 2.72 bits per heavy atom. The van der Waals surface area contributed by atoms with Gasteiger partial charge in [-0.2, -0.15) is 0 Å². The van der Waals surface area contributed by atoms with Crippen LogP contribution < -0.4 is 21.1 Å². The Bertz CT molecular complexity index is 915. The molecule has 3 rings (SSSR count). The molecule has 1 atom stereocenters. The van der Waals surface area contributed by atoms with Crippen molar-refractivity contribution in [3.8, 4) is 5.75 Å². The lowest BCUT2D eigenvalue weighted by atomic mass is 9.97. The van der Waals surface area contributed by atoms with Crippen LogP contribution in [0.25, 0.3) is 0 Å². The molecular weight excluding hydrogens is 402 g/mol. The van der Waals surface area contributed by atoms with Crippen molar-refractivity contribution in [1.82, 2.24) is 15.5 Å². The summed E-state index contributed by atoms with van der Waals surface area (Å²) in [6, 6.07) is 16.5. The molecule has 1 fully saturated rings. The number of carbonyl (C=O) groups excluding carboxylic acids is 1. The molecule has 2 aromatic rings. The molecule has 172 valence electrons. The van der Waals surface area contributed by atoms with Crippen molar-refractivity contribution in [2.45, 2.75) is 39.4 Å². The second-order valence-electron chi connectivity index (χ2n) is 8.20. The fourth-order valence-electron chi connectivity index (χ4n) is 4.00. The number of nitrogens with one attached hydrogen (secondary N) is 2. The number of guanidine groups is 1. The number of carbonyl (C=O) groups is 1. The number of nitrogens with two attached hydrogens (primary N) is 1. The average Bonchev–Trinajstić information content (AvgIpc) is 2.81. The summed E-state index contributed by atoms with van der Waals surface area (Å²) in [6.45, 7) is 6.68. The monoisotopic (exact) mass is 437 g/mol. The Morgan fingerprint density at radius 1 is 1.16 bits per heavy atom. The summed E-state index contributed by atoms with van der Waals surface area (Å²) >= 11 is 0. The Morgan fingerprint density at radius 2 is 1.94 bits per heavy atom. The van der Waals surface area contributed by atoms with Gasteiger partial charge in [0, 0.05) is 26.2 Å². The summed E-state index contributed by atoms with van der Waals surface area (Å²) in [5.74, 6) is 1.41. The highest BCUT2D eigenvalue weighted by Gasteiger charge is 2.23. The van der Waals surface area contributed by atoms with E-state index in [0.717, 1.165) is 61.9 Å². The summed E-state index contributed by atoms with van der Waals surface area (Å²) in [4.78, 5) is 18.6. The Labute approximate surface area is 191 Å². The number of primary amides is 1. The first-order valence-electron chi connectivity index (χ1n) is 11.3. The van der Waals surface area contributed by atoms with E-state index in [1.165, 1.54) is 5.56 Å². The highest BCUT2D eigenvalue weighted by atomic mass is 16.5. The number of benzene rings is 2. The predicted octanol–water partition coefficient (Wildman–Crippen LogP) is 2.65. The van der Waals surface area contributed by atoms with Crippen molar-refractivity contribution in [1.29, 1.82) is 0 Å². The van der Waals surface area contributed by atoms with Gasteiger partial charge in [0.2, 0.25) is 5.91 Å². The molecule has 1 aliphatic rings. The minimum absolute atomic E-state index is 0.0325. The standard InChI is InChI=1S/C25H35N5O2/c1-3-27-25(29-16-20-8-5-11-23(14-20)32-2)28-15-19-7-4-9-21(13-19)17-30-12-6-10-22(18-30)24(26)31/h4-5,7-9,11,13-14,22H,3,6,10,12,15-18H2,1-2H3,(H2,26,31)(H2,27,28,29). The number of likely N-dealkylation sites (tertiary alicyclic amines) is 1. The summed E-state index contributed by atoms with van der Waals surface area (Å²) < 4.78 is 5.30. The van der Waals surface area contributed by atoms with Gasteiger partial charge in [-0.15, -0.1) is 0 Å². The largest absolute Gasteiger partial charge is 0.497 e. The average molecular weight is 438 g/mol. The number of aliphatic imine (C=N–C) groups is 1. The van der Waals surface area contributed by atoms with E-state index in [2.05, 4.69) is 52.8 Å². The van der Waals surface area contributed by atoms with E-state index in [0.29, 0.717) is 13.1 Å². The molecule has 4 N–H and O–H groups in total. The van der Waals surface area contributed by atoms with Gasteiger partial charge >= 0.3 is 0 Å². The molecule has 1 heterocycles. The first kappa shape index (κ1) is 23.6. The maximum absolute atomic E-state index is 11.5. The molecule has 1 unspecified atom stereocenters. The molecule has 0 bridgehead atoms. The maximum Gasteiger partial charge on any atom is 0.221 e. The third-order valence-corrected chi connectivity index (χ3v) is 5.66. The Kier molecular flexibility index (Phi) is 8.92. The zero-order chi connectivity index (χ0) is 22.8. The molecule has 1 saturated heterocycles. The molecule has 7 heteroatoms. The van der Waals surface area contributed by atoms with Gasteiger partial charge in [-0.05, 0) is 55.1 Å². The summed E-state index contributed by atoms with van der Waals surface area (Å²) in [7, 11) is 1.67. The number of ether oxygens (including phenoxy) is 1. The van der Waals surface area contributed by atoms with Gasteiger partial charge in [-0.25, -0.2) is 4.99 Å². The first-order chi connectivity index (χ1) is 15.6. The van der Waals surface area contributed by atoms with Crippen LogP contribution >= 0.6 is 0 Å². The van der Waals surface area contributed by atoms with Crippen LogP contribution in [0, 0.1) is 5.92 Å². The van der Waals surface area contributed by atoms with Gasteiger partial charge in [0.25, 0.3) is 0 Å². The normalized spacial score (nSPS) is 17.1. The number of amides is 1. The first-order valence-corrected chi connectivity index (χ1v) is 11.3. The lowest BCUT2D eigenvalue weighted by molar-refractivity contribution is -0.123. The number of methoxy groups -OCH3 is 1. The molecule has 0 aliphatic carbocycles. The van der Waals surface area contributed by atoms with Crippen molar-refractivity contribution in [2.75, 3.05) is 26.7 Å². The number of nitrogens with zero attached hydrogens (tertiary/aromatic N) is 2. The minimum atomic E-state index is -0.185.